The number of para-hydroxylation sites is 1. The van der Waals surface area contributed by atoms with Gasteiger partial charge in [0, 0.05) is 18.5 Å². The molecule has 0 saturated carbocycles. The third-order valence-corrected chi connectivity index (χ3v) is 7.32. The van der Waals surface area contributed by atoms with Crippen LogP contribution in [0, 0.1) is 11.7 Å². The smallest absolute Gasteiger partial charge is 0.227 e. The Morgan fingerprint density at radius 3 is 2.74 bits per heavy atom. The molecule has 184 valence electrons. The van der Waals surface area contributed by atoms with E-state index in [1.165, 1.54) is 29.4 Å². The average molecular weight is 477 g/mol. The molecule has 2 aromatic carbocycles. The number of benzene rings is 2. The molecule has 0 unspecified atom stereocenters. The number of anilines is 1. The number of hydrogen-bond donors (Lipinski definition) is 2. The maximum absolute atomic E-state index is 15.0. The lowest BCUT2D eigenvalue weighted by atomic mass is 9.91. The molecule has 2 aromatic rings. The second-order valence-electron chi connectivity index (χ2n) is 9.67. The van der Waals surface area contributed by atoms with Crippen LogP contribution in [0.4, 0.5) is 10.1 Å². The van der Waals surface area contributed by atoms with Crippen molar-refractivity contribution in [1.82, 2.24) is 5.32 Å². The fourth-order valence-electron chi connectivity index (χ4n) is 5.32. The van der Waals surface area contributed by atoms with E-state index in [1.54, 1.807) is 18.2 Å². The van der Waals surface area contributed by atoms with E-state index in [9.17, 15) is 14.3 Å². The number of carbonyl (C=O) groups excluding carboxylic acids is 1. The lowest BCUT2D eigenvalue weighted by Crippen LogP contribution is -2.27. The number of phenolic OH excluding ortho intramolecular Hbond substituents is 1. The first-order valence-electron chi connectivity index (χ1n) is 12.8. The number of carbonyl (C=O) groups is 1. The van der Waals surface area contributed by atoms with Crippen LogP contribution in [-0.4, -0.2) is 37.3 Å². The van der Waals surface area contributed by atoms with Crippen molar-refractivity contribution in [3.8, 4) is 16.9 Å². The molecule has 35 heavy (non-hydrogen) atoms. The minimum absolute atomic E-state index is 0.0528. The minimum atomic E-state index is -0.462. The maximum atomic E-state index is 15.0. The fourth-order valence-corrected chi connectivity index (χ4v) is 5.32. The van der Waals surface area contributed by atoms with Crippen molar-refractivity contribution in [2.75, 3.05) is 31.1 Å². The summed E-state index contributed by atoms with van der Waals surface area (Å²) in [6.45, 7) is 3.29. The summed E-state index contributed by atoms with van der Waals surface area (Å²) in [6.07, 6.45) is 10.9. The summed E-state index contributed by atoms with van der Waals surface area (Å²) in [7, 11) is 0. The zero-order valence-corrected chi connectivity index (χ0v) is 20.1. The zero-order chi connectivity index (χ0) is 24.2. The Bertz CT molecular complexity index is 1150. The Balaban J connectivity index is 1.38. The number of ether oxygens (including phenoxy) is 1. The van der Waals surface area contributed by atoms with Gasteiger partial charge in [-0.3, -0.25) is 4.79 Å². The van der Waals surface area contributed by atoms with Crippen LogP contribution in [0.15, 0.2) is 54.1 Å². The van der Waals surface area contributed by atoms with E-state index in [0.717, 1.165) is 44.7 Å². The number of aromatic hydroxyl groups is 1. The van der Waals surface area contributed by atoms with E-state index in [4.69, 9.17) is 4.74 Å². The molecule has 3 aliphatic heterocycles. The third kappa shape index (κ3) is 5.27. The van der Waals surface area contributed by atoms with Gasteiger partial charge in [-0.05, 0) is 92.9 Å². The van der Waals surface area contributed by atoms with Crippen molar-refractivity contribution in [3.05, 3.63) is 65.5 Å². The van der Waals surface area contributed by atoms with Crippen LogP contribution in [0.2, 0.25) is 0 Å². The predicted octanol–water partition coefficient (Wildman–Crippen LogP) is 5.79. The minimum Gasteiger partial charge on any atom is -0.507 e. The van der Waals surface area contributed by atoms with Crippen molar-refractivity contribution in [2.24, 2.45) is 5.92 Å². The molecule has 0 spiro atoms. The largest absolute Gasteiger partial charge is 0.507 e. The van der Waals surface area contributed by atoms with E-state index in [0.29, 0.717) is 47.7 Å². The van der Waals surface area contributed by atoms with E-state index >= 15 is 0 Å². The molecule has 3 aliphatic rings. The van der Waals surface area contributed by atoms with E-state index < -0.39 is 5.82 Å². The number of allylic oxidation sites excluding steroid dienone is 2. The molecule has 0 atom stereocenters. The third-order valence-electron chi connectivity index (χ3n) is 7.32. The van der Waals surface area contributed by atoms with Crippen molar-refractivity contribution < 1.29 is 19.0 Å². The number of nitrogens with zero attached hydrogens (tertiary/aromatic N) is 1. The summed E-state index contributed by atoms with van der Waals surface area (Å²) < 4.78 is 21.0. The summed E-state index contributed by atoms with van der Waals surface area (Å²) in [5, 5.41) is 14.6. The van der Waals surface area contributed by atoms with E-state index in [-0.39, 0.29) is 11.7 Å². The lowest BCUT2D eigenvalue weighted by molar-refractivity contribution is -0.117. The van der Waals surface area contributed by atoms with Gasteiger partial charge in [0.15, 0.2) is 0 Å². The highest BCUT2D eigenvalue weighted by Crippen LogP contribution is 2.39. The summed E-state index contributed by atoms with van der Waals surface area (Å²) in [5.41, 5.74) is 3.25. The van der Waals surface area contributed by atoms with Gasteiger partial charge in [0.05, 0.1) is 17.9 Å². The zero-order valence-electron chi connectivity index (χ0n) is 20.1. The van der Waals surface area contributed by atoms with Crippen LogP contribution < -0.4 is 10.2 Å². The summed E-state index contributed by atoms with van der Waals surface area (Å²) in [5.74, 6) is 0.961. The standard InChI is InChI=1S/C29H33FN2O3/c30-25-19-22(10-11-26(25)32-16-2-7-28(32)33)23-5-1-6-24(29(23)34)27-18-21(4-3-17-35-27)9-8-20-12-14-31-15-13-20/h1,4-6,10-11,18-20,31,34H,2-3,7-9,12-17H2. The van der Waals surface area contributed by atoms with Crippen LogP contribution in [-0.2, 0) is 9.53 Å². The highest BCUT2D eigenvalue weighted by molar-refractivity contribution is 5.95. The first-order chi connectivity index (χ1) is 17.1. The monoisotopic (exact) mass is 476 g/mol. The Morgan fingerprint density at radius 1 is 1.14 bits per heavy atom. The molecule has 5 rings (SSSR count). The van der Waals surface area contributed by atoms with Crippen molar-refractivity contribution in [3.63, 3.8) is 0 Å². The number of rotatable bonds is 6. The topological polar surface area (TPSA) is 61.8 Å². The second kappa shape index (κ2) is 10.6. The molecule has 2 N–H and O–H groups in total. The Hall–Kier alpha value is -3.12. The molecule has 3 heterocycles. The molecule has 2 saturated heterocycles. The number of phenols is 1. The van der Waals surface area contributed by atoms with Gasteiger partial charge in [-0.1, -0.05) is 24.3 Å². The Labute approximate surface area is 206 Å². The summed E-state index contributed by atoms with van der Waals surface area (Å²) >= 11 is 0. The van der Waals surface area contributed by atoms with Gasteiger partial charge < -0.3 is 20.1 Å². The van der Waals surface area contributed by atoms with Gasteiger partial charge in [-0.25, -0.2) is 4.39 Å². The van der Waals surface area contributed by atoms with Crippen molar-refractivity contribution in [2.45, 2.75) is 44.9 Å². The van der Waals surface area contributed by atoms with E-state index in [1.807, 2.05) is 12.1 Å². The van der Waals surface area contributed by atoms with Crippen LogP contribution >= 0.6 is 0 Å². The molecular weight excluding hydrogens is 443 g/mol. The SMILES string of the molecule is O=C1CCCN1c1ccc(-c2cccc(C3=CC(CCC4CCNCC4)=CCCO3)c2O)cc1F. The van der Waals surface area contributed by atoms with Gasteiger partial charge in [-0.2, -0.15) is 0 Å². The van der Waals surface area contributed by atoms with Gasteiger partial charge in [0.25, 0.3) is 0 Å². The average Bonchev–Trinajstić information content (AvgIpc) is 3.15. The molecule has 1 amide bonds. The number of hydrogen-bond acceptors (Lipinski definition) is 4. The number of piperidine rings is 1. The van der Waals surface area contributed by atoms with E-state index in [2.05, 4.69) is 17.5 Å². The molecule has 5 nitrogen and oxygen atoms in total. The highest BCUT2D eigenvalue weighted by atomic mass is 19.1. The van der Waals surface area contributed by atoms with Gasteiger partial charge in [0.2, 0.25) is 5.91 Å². The quantitative estimate of drug-likeness (QED) is 0.554. The Morgan fingerprint density at radius 2 is 1.97 bits per heavy atom. The normalized spacial score (nSPS) is 19.2. The number of nitrogens with one attached hydrogen (secondary N) is 1. The molecular formula is C29H33FN2O3. The van der Waals surface area contributed by atoms with Crippen molar-refractivity contribution in [1.29, 1.82) is 0 Å². The molecule has 2 fully saturated rings. The summed E-state index contributed by atoms with van der Waals surface area (Å²) in [4.78, 5) is 13.5. The first kappa shape index (κ1) is 23.6. The molecule has 0 radical (unpaired) electrons. The highest BCUT2D eigenvalue weighted by Gasteiger charge is 2.25. The van der Waals surface area contributed by atoms with Gasteiger partial charge in [-0.15, -0.1) is 0 Å². The van der Waals surface area contributed by atoms with Crippen LogP contribution in [0.3, 0.4) is 0 Å². The second-order valence-corrected chi connectivity index (χ2v) is 9.67. The molecule has 6 heteroatoms. The lowest BCUT2D eigenvalue weighted by Gasteiger charge is -2.22. The van der Waals surface area contributed by atoms with Crippen molar-refractivity contribution >= 4 is 17.4 Å². The predicted molar refractivity (Wildman–Crippen MR) is 137 cm³/mol. The van der Waals surface area contributed by atoms with Crippen LogP contribution in [0.1, 0.15) is 50.5 Å². The molecule has 0 bridgehead atoms. The van der Waals surface area contributed by atoms with Crippen LogP contribution in [0.5, 0.6) is 5.75 Å². The molecule has 0 aliphatic carbocycles. The summed E-state index contributed by atoms with van der Waals surface area (Å²) in [6, 6.07) is 10.3. The molecule has 0 aromatic heterocycles. The van der Waals surface area contributed by atoms with Gasteiger partial charge >= 0.3 is 0 Å². The van der Waals surface area contributed by atoms with Crippen LogP contribution in [0.25, 0.3) is 16.9 Å². The fraction of sp³-hybridized carbons (Fsp3) is 0.414. The maximum Gasteiger partial charge on any atom is 0.227 e. The first-order valence-corrected chi connectivity index (χ1v) is 12.8. The van der Waals surface area contributed by atoms with Gasteiger partial charge in [0.1, 0.15) is 17.3 Å². The Kier molecular flexibility index (Phi) is 7.19. The number of halogens is 1. The number of amides is 1.